The average Bonchev–Trinajstić information content (AvgIpc) is 2.13. The van der Waals surface area contributed by atoms with Crippen LogP contribution in [0.5, 0.6) is 0 Å². The molecule has 1 N–H and O–H groups in total. The Morgan fingerprint density at radius 3 is 2.33 bits per heavy atom. The zero-order valence-corrected chi connectivity index (χ0v) is 10.7. The number of ether oxygens (including phenoxy) is 1. The second-order valence-corrected chi connectivity index (χ2v) is 5.22. The van der Waals surface area contributed by atoms with Gasteiger partial charge in [-0.05, 0) is 53.0 Å². The van der Waals surface area contributed by atoms with Crippen LogP contribution in [-0.2, 0) is 10.9 Å². The van der Waals surface area contributed by atoms with E-state index in [1.807, 2.05) is 5.32 Å². The van der Waals surface area contributed by atoms with Gasteiger partial charge in [-0.3, -0.25) is 5.32 Å². The average molecular weight is 322 g/mol. The van der Waals surface area contributed by atoms with Gasteiger partial charge < -0.3 is 4.74 Å². The summed E-state index contributed by atoms with van der Waals surface area (Å²) in [5.74, 6) is 0. The van der Waals surface area contributed by atoms with Crippen LogP contribution in [-0.4, -0.2) is 10.1 Å². The molecule has 1 aromatic carbocycles. The van der Waals surface area contributed by atoms with Gasteiger partial charge in [0.2, 0.25) is 0 Å². The number of rotatable bonds is 1. The second kappa shape index (κ2) is 5.42. The van der Waals surface area contributed by atoms with Gasteiger partial charge in [-0.2, -0.15) is 13.2 Å². The zero-order chi connectivity index (χ0) is 14.0. The molecule has 0 aromatic heterocycles. The van der Waals surface area contributed by atoms with E-state index in [9.17, 15) is 18.0 Å². The molecule has 0 heterocycles. The SMILES string of the molecule is O=C(Nc1cccc(C(F)(F)F)c1)OC(Cl)(Cl)Cl. The first-order valence-corrected chi connectivity index (χ1v) is 5.45. The van der Waals surface area contributed by atoms with Gasteiger partial charge >= 0.3 is 16.2 Å². The minimum atomic E-state index is -4.52. The Balaban J connectivity index is 2.77. The van der Waals surface area contributed by atoms with E-state index >= 15 is 0 Å². The Morgan fingerprint density at radius 2 is 1.83 bits per heavy atom. The highest BCUT2D eigenvalue weighted by Gasteiger charge is 2.31. The number of hydrogen-bond donors (Lipinski definition) is 1. The van der Waals surface area contributed by atoms with Crippen molar-refractivity contribution < 1.29 is 22.7 Å². The number of nitrogens with one attached hydrogen (secondary N) is 1. The Kier molecular flexibility index (Phi) is 4.58. The molecule has 1 amide bonds. The molecular formula is C9H5Cl3F3NO2. The molecule has 0 aliphatic rings. The highest BCUT2D eigenvalue weighted by molar-refractivity contribution is 6.66. The molecular weight excluding hydrogens is 317 g/mol. The number of alkyl halides is 6. The van der Waals surface area contributed by atoms with Crippen molar-refractivity contribution >= 4 is 46.6 Å². The fourth-order valence-electron chi connectivity index (χ4n) is 1.02. The first-order valence-electron chi connectivity index (χ1n) is 4.32. The molecule has 0 aliphatic carbocycles. The lowest BCUT2D eigenvalue weighted by molar-refractivity contribution is -0.137. The lowest BCUT2D eigenvalue weighted by atomic mass is 10.2. The predicted molar refractivity (Wildman–Crippen MR) is 61.8 cm³/mol. The zero-order valence-electron chi connectivity index (χ0n) is 8.39. The molecule has 0 atom stereocenters. The van der Waals surface area contributed by atoms with Crippen LogP contribution in [0, 0.1) is 0 Å². The van der Waals surface area contributed by atoms with Crippen molar-refractivity contribution in [2.75, 3.05) is 5.32 Å². The maximum Gasteiger partial charge on any atom is 0.416 e. The molecule has 1 aromatic rings. The van der Waals surface area contributed by atoms with Crippen molar-refractivity contribution in [1.82, 2.24) is 0 Å². The molecule has 18 heavy (non-hydrogen) atoms. The number of amides is 1. The Labute approximate surface area is 115 Å². The third-order valence-corrected chi connectivity index (χ3v) is 1.88. The summed E-state index contributed by atoms with van der Waals surface area (Å²) in [6.45, 7) is 0. The topological polar surface area (TPSA) is 38.3 Å². The molecule has 0 fully saturated rings. The van der Waals surface area contributed by atoms with Crippen molar-refractivity contribution in [2.45, 2.75) is 10.2 Å². The smallest absolute Gasteiger partial charge is 0.398 e. The first-order chi connectivity index (χ1) is 8.08. The summed E-state index contributed by atoms with van der Waals surface area (Å²) in [7, 11) is 0. The lowest BCUT2D eigenvalue weighted by Crippen LogP contribution is -2.21. The summed E-state index contributed by atoms with van der Waals surface area (Å²) in [6.07, 6.45) is -5.70. The van der Waals surface area contributed by atoms with Crippen LogP contribution in [0.4, 0.5) is 23.7 Å². The van der Waals surface area contributed by atoms with Crippen molar-refractivity contribution in [3.63, 3.8) is 0 Å². The summed E-state index contributed by atoms with van der Waals surface area (Å²) >= 11 is 15.5. The number of benzene rings is 1. The van der Waals surface area contributed by atoms with E-state index in [2.05, 4.69) is 4.74 Å². The van der Waals surface area contributed by atoms with E-state index in [1.54, 1.807) is 0 Å². The standard InChI is InChI=1S/C9H5Cl3F3NO2/c10-9(11,12)18-7(17)16-6-3-1-2-5(4-6)8(13,14)15/h1-4H,(H,16,17). The normalized spacial score (nSPS) is 12.1. The first kappa shape index (κ1) is 15.2. The van der Waals surface area contributed by atoms with Gasteiger partial charge in [-0.25, -0.2) is 4.79 Å². The monoisotopic (exact) mass is 321 g/mol. The van der Waals surface area contributed by atoms with Gasteiger partial charge in [0.25, 0.3) is 0 Å². The molecule has 0 bridgehead atoms. The van der Waals surface area contributed by atoms with Gasteiger partial charge in [0, 0.05) is 5.69 Å². The van der Waals surface area contributed by atoms with Gasteiger partial charge in [0.1, 0.15) is 0 Å². The van der Waals surface area contributed by atoms with Crippen molar-refractivity contribution in [3.05, 3.63) is 29.8 Å². The summed E-state index contributed by atoms with van der Waals surface area (Å²) < 4.78 is 39.1. The quantitative estimate of drug-likeness (QED) is 0.768. The third-order valence-electron chi connectivity index (χ3n) is 1.64. The fourth-order valence-corrected chi connectivity index (χ4v) is 1.23. The predicted octanol–water partition coefficient (Wildman–Crippen LogP) is 4.58. The van der Waals surface area contributed by atoms with Crippen molar-refractivity contribution in [3.8, 4) is 0 Å². The lowest BCUT2D eigenvalue weighted by Gasteiger charge is -2.13. The number of halogens is 6. The Morgan fingerprint density at radius 1 is 1.22 bits per heavy atom. The highest BCUT2D eigenvalue weighted by atomic mass is 35.6. The molecule has 0 saturated heterocycles. The maximum atomic E-state index is 12.4. The van der Waals surface area contributed by atoms with Crippen LogP contribution in [0.2, 0.25) is 0 Å². The molecule has 0 spiro atoms. The fraction of sp³-hybridized carbons (Fsp3) is 0.222. The minimum Gasteiger partial charge on any atom is -0.398 e. The van der Waals surface area contributed by atoms with E-state index in [1.165, 1.54) is 6.07 Å². The number of carbonyl (C=O) groups is 1. The molecule has 3 nitrogen and oxygen atoms in total. The van der Waals surface area contributed by atoms with E-state index in [4.69, 9.17) is 34.8 Å². The summed E-state index contributed by atoms with van der Waals surface area (Å²) in [5, 5.41) is 2.00. The molecule has 1 rings (SSSR count). The van der Waals surface area contributed by atoms with E-state index in [-0.39, 0.29) is 5.69 Å². The van der Waals surface area contributed by atoms with E-state index in [0.29, 0.717) is 0 Å². The number of carbonyl (C=O) groups excluding carboxylic acids is 1. The van der Waals surface area contributed by atoms with Crippen LogP contribution in [0.3, 0.4) is 0 Å². The molecule has 0 saturated carbocycles. The molecule has 0 unspecified atom stereocenters. The Hall–Kier alpha value is -0.850. The largest absolute Gasteiger partial charge is 0.416 e. The molecule has 0 radical (unpaired) electrons. The van der Waals surface area contributed by atoms with Gasteiger partial charge in [-0.15, -0.1) is 0 Å². The highest BCUT2D eigenvalue weighted by Crippen LogP contribution is 2.31. The summed E-state index contributed by atoms with van der Waals surface area (Å²) in [6, 6.07) is 3.92. The van der Waals surface area contributed by atoms with Crippen LogP contribution >= 0.6 is 34.8 Å². The Bertz CT molecular complexity index is 445. The summed E-state index contributed by atoms with van der Waals surface area (Å²) in [4.78, 5) is 11.1. The molecule has 100 valence electrons. The van der Waals surface area contributed by atoms with Crippen LogP contribution in [0.1, 0.15) is 5.56 Å². The van der Waals surface area contributed by atoms with Crippen LogP contribution < -0.4 is 5.32 Å². The van der Waals surface area contributed by atoms with Gasteiger partial charge in [0.15, 0.2) is 0 Å². The molecule has 0 aliphatic heterocycles. The maximum absolute atomic E-state index is 12.4. The van der Waals surface area contributed by atoms with Crippen molar-refractivity contribution in [1.29, 1.82) is 0 Å². The minimum absolute atomic E-state index is 0.135. The third kappa shape index (κ3) is 5.20. The van der Waals surface area contributed by atoms with E-state index in [0.717, 1.165) is 18.2 Å². The van der Waals surface area contributed by atoms with Crippen molar-refractivity contribution in [2.24, 2.45) is 0 Å². The van der Waals surface area contributed by atoms with E-state index < -0.39 is 21.8 Å². The van der Waals surface area contributed by atoms with Gasteiger partial charge in [0.05, 0.1) is 5.56 Å². The van der Waals surface area contributed by atoms with Crippen LogP contribution in [0.25, 0.3) is 0 Å². The number of hydrogen-bond acceptors (Lipinski definition) is 2. The summed E-state index contributed by atoms with van der Waals surface area (Å²) in [5.41, 5.74) is -1.06. The number of anilines is 1. The van der Waals surface area contributed by atoms with Gasteiger partial charge in [-0.1, -0.05) is 6.07 Å². The second-order valence-electron chi connectivity index (χ2n) is 3.04. The molecule has 9 heteroatoms. The van der Waals surface area contributed by atoms with Crippen LogP contribution in [0.15, 0.2) is 24.3 Å².